The second-order valence-electron chi connectivity index (χ2n) is 5.44. The molecular formula is C16H19FN4. The van der Waals surface area contributed by atoms with Crippen LogP contribution in [0, 0.1) is 12.7 Å². The van der Waals surface area contributed by atoms with Gasteiger partial charge in [-0.2, -0.15) is 0 Å². The summed E-state index contributed by atoms with van der Waals surface area (Å²) in [5.41, 5.74) is 1.58. The zero-order chi connectivity index (χ0) is 14.8. The molecule has 1 aliphatic rings. The summed E-state index contributed by atoms with van der Waals surface area (Å²) in [6, 6.07) is 6.73. The molecule has 0 unspecified atom stereocenters. The summed E-state index contributed by atoms with van der Waals surface area (Å²) in [7, 11) is 0. The van der Waals surface area contributed by atoms with E-state index < -0.39 is 0 Å². The highest BCUT2D eigenvalue weighted by Gasteiger charge is 2.27. The maximum absolute atomic E-state index is 13.5. The van der Waals surface area contributed by atoms with E-state index in [2.05, 4.69) is 20.6 Å². The molecule has 1 saturated carbocycles. The third-order valence-corrected chi connectivity index (χ3v) is 3.36. The van der Waals surface area contributed by atoms with Crippen molar-refractivity contribution >= 4 is 17.3 Å². The van der Waals surface area contributed by atoms with Gasteiger partial charge in [-0.15, -0.1) is 0 Å². The first-order chi connectivity index (χ1) is 10.1. The molecule has 0 amide bonds. The van der Waals surface area contributed by atoms with Crippen molar-refractivity contribution in [3.8, 4) is 0 Å². The molecule has 21 heavy (non-hydrogen) atoms. The van der Waals surface area contributed by atoms with Crippen LogP contribution in [-0.4, -0.2) is 16.5 Å². The molecule has 2 aromatic rings. The Morgan fingerprint density at radius 2 is 1.90 bits per heavy atom. The fourth-order valence-electron chi connectivity index (χ4n) is 2.28. The highest BCUT2D eigenvalue weighted by Crippen LogP contribution is 2.39. The van der Waals surface area contributed by atoms with Gasteiger partial charge in [-0.05, 0) is 50.5 Å². The molecule has 1 aromatic carbocycles. The summed E-state index contributed by atoms with van der Waals surface area (Å²) < 4.78 is 13.5. The largest absolute Gasteiger partial charge is 0.370 e. The smallest absolute Gasteiger partial charge is 0.136 e. The number of anilines is 3. The lowest BCUT2D eigenvalue weighted by Gasteiger charge is -2.11. The third-order valence-electron chi connectivity index (χ3n) is 3.36. The lowest BCUT2D eigenvalue weighted by Crippen LogP contribution is -2.05. The summed E-state index contributed by atoms with van der Waals surface area (Å²) in [5, 5.41) is 6.39. The van der Waals surface area contributed by atoms with E-state index in [1.165, 1.54) is 12.1 Å². The molecule has 0 bridgehead atoms. The number of nitrogens with one attached hydrogen (secondary N) is 2. The molecule has 5 heteroatoms. The van der Waals surface area contributed by atoms with Gasteiger partial charge in [0.25, 0.3) is 0 Å². The van der Waals surface area contributed by atoms with Gasteiger partial charge in [0.1, 0.15) is 23.3 Å². The molecule has 0 spiro atoms. The first-order valence-corrected chi connectivity index (χ1v) is 7.31. The van der Waals surface area contributed by atoms with E-state index >= 15 is 0 Å². The van der Waals surface area contributed by atoms with E-state index in [-0.39, 0.29) is 5.82 Å². The Bertz CT molecular complexity index is 632. The summed E-state index contributed by atoms with van der Waals surface area (Å²) in [6.07, 6.45) is 2.29. The number of aryl methyl sites for hydroxylation is 1. The van der Waals surface area contributed by atoms with Crippen molar-refractivity contribution in [2.75, 3.05) is 17.2 Å². The van der Waals surface area contributed by atoms with Crippen LogP contribution in [0.25, 0.3) is 0 Å². The van der Waals surface area contributed by atoms with Crippen molar-refractivity contribution < 1.29 is 4.39 Å². The Hall–Kier alpha value is -2.17. The molecule has 1 fully saturated rings. The maximum atomic E-state index is 13.5. The van der Waals surface area contributed by atoms with Crippen LogP contribution in [0.5, 0.6) is 0 Å². The average Bonchev–Trinajstić information content (AvgIpc) is 3.21. The van der Waals surface area contributed by atoms with Gasteiger partial charge in [-0.3, -0.25) is 0 Å². The normalized spacial score (nSPS) is 14.0. The fraction of sp³-hybridized carbons (Fsp3) is 0.375. The summed E-state index contributed by atoms with van der Waals surface area (Å²) >= 11 is 0. The molecule has 0 aliphatic heterocycles. The van der Waals surface area contributed by atoms with Crippen molar-refractivity contribution in [2.45, 2.75) is 32.6 Å². The second kappa shape index (κ2) is 5.68. The minimum Gasteiger partial charge on any atom is -0.370 e. The summed E-state index contributed by atoms with van der Waals surface area (Å²) in [4.78, 5) is 9.07. The number of nitrogens with zero attached hydrogens (tertiary/aromatic N) is 2. The summed E-state index contributed by atoms with van der Waals surface area (Å²) in [5.74, 6) is 2.60. The molecule has 110 valence electrons. The minimum absolute atomic E-state index is 0.249. The van der Waals surface area contributed by atoms with Crippen LogP contribution in [0.3, 0.4) is 0 Å². The predicted molar refractivity (Wildman–Crippen MR) is 82.6 cm³/mol. The van der Waals surface area contributed by atoms with Crippen LogP contribution in [-0.2, 0) is 0 Å². The number of aromatic nitrogens is 2. The number of halogens is 1. The van der Waals surface area contributed by atoms with Gasteiger partial charge in [-0.25, -0.2) is 14.4 Å². The number of hydrogen-bond donors (Lipinski definition) is 2. The zero-order valence-corrected chi connectivity index (χ0v) is 12.3. The highest BCUT2D eigenvalue weighted by atomic mass is 19.1. The number of benzene rings is 1. The second-order valence-corrected chi connectivity index (χ2v) is 5.44. The lowest BCUT2D eigenvalue weighted by molar-refractivity contribution is 0.627. The van der Waals surface area contributed by atoms with Gasteiger partial charge in [0.15, 0.2) is 0 Å². The van der Waals surface area contributed by atoms with E-state index in [0.717, 1.165) is 36.6 Å². The van der Waals surface area contributed by atoms with E-state index in [4.69, 9.17) is 0 Å². The fourth-order valence-corrected chi connectivity index (χ4v) is 2.28. The SMILES string of the molecule is CCNc1cc(Nc2cc(C)cc(F)c2)nc(C2CC2)n1. The standard InChI is InChI=1S/C16H19FN4/c1-3-18-14-9-15(21-16(20-14)11-4-5-11)19-13-7-10(2)6-12(17)8-13/h6-9,11H,3-5H2,1-2H3,(H2,18,19,20,21). The average molecular weight is 286 g/mol. The van der Waals surface area contributed by atoms with Crippen molar-refractivity contribution in [2.24, 2.45) is 0 Å². The van der Waals surface area contributed by atoms with Crippen LogP contribution >= 0.6 is 0 Å². The topological polar surface area (TPSA) is 49.8 Å². The zero-order valence-electron chi connectivity index (χ0n) is 12.3. The van der Waals surface area contributed by atoms with E-state index in [1.54, 1.807) is 0 Å². The molecule has 0 radical (unpaired) electrons. The predicted octanol–water partition coefficient (Wildman–Crippen LogP) is 3.98. The Labute approximate surface area is 123 Å². The summed E-state index contributed by atoms with van der Waals surface area (Å²) in [6.45, 7) is 4.70. The van der Waals surface area contributed by atoms with Gasteiger partial charge in [0.05, 0.1) is 0 Å². The van der Waals surface area contributed by atoms with Gasteiger partial charge < -0.3 is 10.6 Å². The quantitative estimate of drug-likeness (QED) is 0.873. The Morgan fingerprint density at radius 3 is 2.57 bits per heavy atom. The number of rotatable bonds is 5. The Balaban J connectivity index is 1.89. The van der Waals surface area contributed by atoms with Crippen molar-refractivity contribution in [3.63, 3.8) is 0 Å². The maximum Gasteiger partial charge on any atom is 0.136 e. The third kappa shape index (κ3) is 3.48. The van der Waals surface area contributed by atoms with Crippen molar-refractivity contribution in [1.29, 1.82) is 0 Å². The molecule has 0 saturated heterocycles. The van der Waals surface area contributed by atoms with Crippen LogP contribution in [0.15, 0.2) is 24.3 Å². The van der Waals surface area contributed by atoms with E-state index in [0.29, 0.717) is 17.4 Å². The molecule has 1 aliphatic carbocycles. The van der Waals surface area contributed by atoms with Crippen LogP contribution < -0.4 is 10.6 Å². The molecule has 4 nitrogen and oxygen atoms in total. The number of hydrogen-bond acceptors (Lipinski definition) is 4. The van der Waals surface area contributed by atoms with E-state index in [9.17, 15) is 4.39 Å². The first kappa shape index (κ1) is 13.8. The Morgan fingerprint density at radius 1 is 1.14 bits per heavy atom. The van der Waals surface area contributed by atoms with Gasteiger partial charge in [-0.1, -0.05) is 0 Å². The van der Waals surface area contributed by atoms with Gasteiger partial charge in [0, 0.05) is 24.2 Å². The molecule has 0 atom stereocenters. The van der Waals surface area contributed by atoms with Crippen LogP contribution in [0.1, 0.15) is 37.1 Å². The first-order valence-electron chi connectivity index (χ1n) is 7.31. The van der Waals surface area contributed by atoms with Gasteiger partial charge >= 0.3 is 0 Å². The monoisotopic (exact) mass is 286 g/mol. The minimum atomic E-state index is -0.249. The molecule has 2 N–H and O–H groups in total. The molecule has 1 heterocycles. The molecule has 1 aromatic heterocycles. The van der Waals surface area contributed by atoms with Gasteiger partial charge in [0.2, 0.25) is 0 Å². The molecule has 3 rings (SSSR count). The van der Waals surface area contributed by atoms with Crippen LogP contribution in [0.2, 0.25) is 0 Å². The highest BCUT2D eigenvalue weighted by molar-refractivity contribution is 5.60. The van der Waals surface area contributed by atoms with Crippen molar-refractivity contribution in [1.82, 2.24) is 9.97 Å². The van der Waals surface area contributed by atoms with E-state index in [1.807, 2.05) is 26.0 Å². The van der Waals surface area contributed by atoms with Crippen molar-refractivity contribution in [3.05, 3.63) is 41.5 Å². The lowest BCUT2D eigenvalue weighted by atomic mass is 10.2. The molecular weight excluding hydrogens is 267 g/mol. The van der Waals surface area contributed by atoms with Crippen LogP contribution in [0.4, 0.5) is 21.7 Å². The Kier molecular flexibility index (Phi) is 3.73.